The Hall–Kier alpha value is -1.88. The lowest BCUT2D eigenvalue weighted by Crippen LogP contribution is -2.06. The van der Waals surface area contributed by atoms with Crippen LogP contribution in [0.1, 0.15) is 23.5 Å². The predicted octanol–water partition coefficient (Wildman–Crippen LogP) is 3.50. The zero-order valence-electron chi connectivity index (χ0n) is 10.3. The van der Waals surface area contributed by atoms with Crippen molar-refractivity contribution in [1.82, 2.24) is 15.2 Å². The summed E-state index contributed by atoms with van der Waals surface area (Å²) in [6.45, 7) is 4.20. The number of benzene rings is 1. The first-order valence-electron chi connectivity index (χ1n) is 5.83. The Morgan fingerprint density at radius 3 is 3.06 bits per heavy atom. The molecule has 3 rings (SSSR count). The van der Waals surface area contributed by atoms with Gasteiger partial charge in [-0.1, -0.05) is 0 Å². The molecule has 2 heterocycles. The first-order valence-corrected chi connectivity index (χ1v) is 6.71. The fraction of sp³-hybridized carbons (Fsp3) is 0.231. The SMILES string of the molecule is Cc1ncsc1C(C)Nc1ccc2[nH]ncc2c1. The van der Waals surface area contributed by atoms with Crippen LogP contribution >= 0.6 is 11.3 Å². The van der Waals surface area contributed by atoms with Gasteiger partial charge in [0.05, 0.1) is 29.0 Å². The molecule has 1 unspecified atom stereocenters. The first-order chi connectivity index (χ1) is 8.74. The second-order valence-corrected chi connectivity index (χ2v) is 5.23. The quantitative estimate of drug-likeness (QED) is 0.756. The maximum atomic E-state index is 4.28. The third-order valence-electron chi connectivity index (χ3n) is 3.00. The molecule has 0 saturated carbocycles. The van der Waals surface area contributed by atoms with Crippen LogP contribution in [0.15, 0.2) is 29.9 Å². The van der Waals surface area contributed by atoms with E-state index < -0.39 is 0 Å². The number of hydrogen-bond donors (Lipinski definition) is 2. The minimum Gasteiger partial charge on any atom is -0.378 e. The van der Waals surface area contributed by atoms with Gasteiger partial charge < -0.3 is 5.32 Å². The molecule has 0 bridgehead atoms. The van der Waals surface area contributed by atoms with Crippen molar-refractivity contribution in [3.05, 3.63) is 40.5 Å². The van der Waals surface area contributed by atoms with Crippen LogP contribution < -0.4 is 5.32 Å². The van der Waals surface area contributed by atoms with E-state index in [1.54, 1.807) is 11.3 Å². The van der Waals surface area contributed by atoms with Gasteiger partial charge in [0, 0.05) is 16.0 Å². The van der Waals surface area contributed by atoms with Crippen molar-refractivity contribution >= 4 is 27.9 Å². The number of nitrogens with zero attached hydrogens (tertiary/aromatic N) is 2. The normalized spacial score (nSPS) is 12.8. The molecule has 18 heavy (non-hydrogen) atoms. The van der Waals surface area contributed by atoms with E-state index in [0.29, 0.717) is 0 Å². The summed E-state index contributed by atoms with van der Waals surface area (Å²) in [5.41, 5.74) is 5.15. The molecule has 1 atom stereocenters. The van der Waals surface area contributed by atoms with Crippen molar-refractivity contribution in [2.45, 2.75) is 19.9 Å². The minimum absolute atomic E-state index is 0.266. The Bertz CT molecular complexity index is 670. The molecule has 0 aliphatic carbocycles. The van der Waals surface area contributed by atoms with Crippen molar-refractivity contribution < 1.29 is 0 Å². The number of aromatic nitrogens is 3. The minimum atomic E-state index is 0.266. The van der Waals surface area contributed by atoms with Crippen molar-refractivity contribution in [3.8, 4) is 0 Å². The first kappa shape index (κ1) is 11.2. The summed E-state index contributed by atoms with van der Waals surface area (Å²) < 4.78 is 0. The Labute approximate surface area is 109 Å². The highest BCUT2D eigenvalue weighted by Crippen LogP contribution is 2.26. The lowest BCUT2D eigenvalue weighted by atomic mass is 10.2. The average molecular weight is 258 g/mol. The van der Waals surface area contributed by atoms with E-state index in [1.165, 1.54) is 4.88 Å². The molecule has 5 heteroatoms. The highest BCUT2D eigenvalue weighted by atomic mass is 32.1. The van der Waals surface area contributed by atoms with Gasteiger partial charge in [-0.2, -0.15) is 5.10 Å². The molecule has 1 aromatic carbocycles. The largest absolute Gasteiger partial charge is 0.378 e. The second-order valence-electron chi connectivity index (χ2n) is 4.34. The summed E-state index contributed by atoms with van der Waals surface area (Å²) >= 11 is 1.69. The number of hydrogen-bond acceptors (Lipinski definition) is 4. The smallest absolute Gasteiger partial charge is 0.0798 e. The summed E-state index contributed by atoms with van der Waals surface area (Å²) in [6, 6.07) is 6.47. The van der Waals surface area contributed by atoms with Gasteiger partial charge in [0.1, 0.15) is 0 Å². The topological polar surface area (TPSA) is 53.6 Å². The number of thiazole rings is 1. The van der Waals surface area contributed by atoms with E-state index in [1.807, 2.05) is 24.7 Å². The van der Waals surface area contributed by atoms with Gasteiger partial charge in [0.25, 0.3) is 0 Å². The molecule has 0 amide bonds. The van der Waals surface area contributed by atoms with E-state index >= 15 is 0 Å². The molecule has 2 N–H and O–H groups in total. The number of rotatable bonds is 3. The molecular weight excluding hydrogens is 244 g/mol. The van der Waals surface area contributed by atoms with Gasteiger partial charge >= 0.3 is 0 Å². The zero-order valence-corrected chi connectivity index (χ0v) is 11.1. The number of aryl methyl sites for hydroxylation is 1. The van der Waals surface area contributed by atoms with Gasteiger partial charge in [-0.05, 0) is 32.0 Å². The van der Waals surface area contributed by atoms with Crippen LogP contribution in [-0.4, -0.2) is 15.2 Å². The highest BCUT2D eigenvalue weighted by molar-refractivity contribution is 7.09. The van der Waals surface area contributed by atoms with Crippen molar-refractivity contribution in [1.29, 1.82) is 0 Å². The summed E-state index contributed by atoms with van der Waals surface area (Å²) in [6.07, 6.45) is 1.84. The second kappa shape index (κ2) is 4.42. The van der Waals surface area contributed by atoms with Crippen LogP contribution in [0.2, 0.25) is 0 Å². The molecule has 0 aliphatic heterocycles. The summed E-state index contributed by atoms with van der Waals surface area (Å²) in [5, 5.41) is 11.6. The third-order valence-corrected chi connectivity index (χ3v) is 4.11. The summed E-state index contributed by atoms with van der Waals surface area (Å²) in [4.78, 5) is 5.56. The Morgan fingerprint density at radius 2 is 2.28 bits per heavy atom. The molecule has 0 radical (unpaired) electrons. The highest BCUT2D eigenvalue weighted by Gasteiger charge is 2.10. The molecule has 92 valence electrons. The van der Waals surface area contributed by atoms with Crippen molar-refractivity contribution in [2.75, 3.05) is 5.32 Å². The fourth-order valence-corrected chi connectivity index (χ4v) is 2.89. The standard InChI is InChI=1S/C13H14N4S/c1-8-13(18-7-14-8)9(2)16-11-3-4-12-10(5-11)6-15-17-12/h3-7,9,16H,1-2H3,(H,15,17). The lowest BCUT2D eigenvalue weighted by molar-refractivity contribution is 0.891. The number of aromatic amines is 1. The van der Waals surface area contributed by atoms with Gasteiger partial charge in [0.2, 0.25) is 0 Å². The van der Waals surface area contributed by atoms with Gasteiger partial charge in [-0.3, -0.25) is 5.10 Å². The van der Waals surface area contributed by atoms with Crippen LogP contribution in [0.4, 0.5) is 5.69 Å². The third kappa shape index (κ3) is 1.97. The monoisotopic (exact) mass is 258 g/mol. The Kier molecular flexibility index (Phi) is 2.76. The predicted molar refractivity (Wildman–Crippen MR) is 75.0 cm³/mol. The van der Waals surface area contributed by atoms with Crippen LogP contribution in [0.3, 0.4) is 0 Å². The molecular formula is C13H14N4S. The number of anilines is 1. The average Bonchev–Trinajstić information content (AvgIpc) is 2.96. The summed E-state index contributed by atoms with van der Waals surface area (Å²) in [5.74, 6) is 0. The maximum Gasteiger partial charge on any atom is 0.0798 e. The fourth-order valence-electron chi connectivity index (χ4n) is 2.07. The molecule has 0 aliphatic rings. The summed E-state index contributed by atoms with van der Waals surface area (Å²) in [7, 11) is 0. The van der Waals surface area contributed by atoms with E-state index in [-0.39, 0.29) is 6.04 Å². The van der Waals surface area contributed by atoms with Crippen LogP contribution in [0.5, 0.6) is 0 Å². The van der Waals surface area contributed by atoms with Crippen molar-refractivity contribution in [3.63, 3.8) is 0 Å². The van der Waals surface area contributed by atoms with E-state index in [9.17, 15) is 0 Å². The van der Waals surface area contributed by atoms with Crippen LogP contribution in [0.25, 0.3) is 10.9 Å². The number of nitrogens with one attached hydrogen (secondary N) is 2. The molecule has 2 aromatic heterocycles. The van der Waals surface area contributed by atoms with Crippen LogP contribution in [-0.2, 0) is 0 Å². The molecule has 3 aromatic rings. The van der Waals surface area contributed by atoms with E-state index in [4.69, 9.17) is 0 Å². The molecule has 0 fully saturated rings. The Morgan fingerprint density at radius 1 is 1.39 bits per heavy atom. The van der Waals surface area contributed by atoms with Crippen LogP contribution in [0, 0.1) is 6.92 Å². The molecule has 0 spiro atoms. The van der Waals surface area contributed by atoms with Gasteiger partial charge in [-0.15, -0.1) is 11.3 Å². The van der Waals surface area contributed by atoms with Gasteiger partial charge in [0.15, 0.2) is 0 Å². The van der Waals surface area contributed by atoms with Gasteiger partial charge in [-0.25, -0.2) is 4.98 Å². The maximum absolute atomic E-state index is 4.28. The lowest BCUT2D eigenvalue weighted by Gasteiger charge is -2.14. The van der Waals surface area contributed by atoms with E-state index in [0.717, 1.165) is 22.3 Å². The Balaban J connectivity index is 1.85. The van der Waals surface area contributed by atoms with Crippen molar-refractivity contribution in [2.24, 2.45) is 0 Å². The van der Waals surface area contributed by atoms with E-state index in [2.05, 4.69) is 39.6 Å². The molecule has 0 saturated heterocycles. The molecule has 4 nitrogen and oxygen atoms in total. The number of H-pyrrole nitrogens is 1. The zero-order chi connectivity index (χ0) is 12.5. The number of fused-ring (bicyclic) bond motifs is 1.